The number of fused-ring (bicyclic) bond motifs is 1. The number of unbranched alkanes of at least 4 members (excludes halogenated alkanes) is 1. The number of nitrogens with zero attached hydrogens (tertiary/aromatic N) is 4. The maximum Gasteiger partial charge on any atom is 0.261 e. The van der Waals surface area contributed by atoms with E-state index >= 15 is 0 Å². The summed E-state index contributed by atoms with van der Waals surface area (Å²) in [5.74, 6) is 0.363. The number of imide groups is 1. The first kappa shape index (κ1) is 24.8. The summed E-state index contributed by atoms with van der Waals surface area (Å²) in [6.07, 6.45) is 1.56. The van der Waals surface area contributed by atoms with Gasteiger partial charge in [-0.2, -0.15) is 5.10 Å². The summed E-state index contributed by atoms with van der Waals surface area (Å²) in [6, 6.07) is 6.99. The van der Waals surface area contributed by atoms with Crippen molar-refractivity contribution in [1.82, 2.24) is 25.3 Å². The molecular formula is C22H31IN6O2. The van der Waals surface area contributed by atoms with E-state index in [2.05, 4.69) is 20.7 Å². The van der Waals surface area contributed by atoms with Gasteiger partial charge in [0.2, 0.25) is 0 Å². The molecule has 8 nitrogen and oxygen atoms in total. The van der Waals surface area contributed by atoms with Crippen molar-refractivity contribution in [1.29, 1.82) is 0 Å². The minimum absolute atomic E-state index is 0. The number of benzene rings is 1. The summed E-state index contributed by atoms with van der Waals surface area (Å²) in [5, 5.41) is 11.0. The summed E-state index contributed by atoms with van der Waals surface area (Å²) in [7, 11) is 1.94. The lowest BCUT2D eigenvalue weighted by Crippen LogP contribution is -2.38. The molecule has 0 atom stereocenters. The minimum atomic E-state index is -0.194. The van der Waals surface area contributed by atoms with Crippen molar-refractivity contribution in [3.8, 4) is 0 Å². The van der Waals surface area contributed by atoms with Crippen LogP contribution >= 0.6 is 24.0 Å². The molecule has 9 heteroatoms. The first-order chi connectivity index (χ1) is 14.4. The standard InChI is InChI=1S/C22H30N6O2.HI/c1-5-23-22(25-14-19-15(2)26-27(4)16(19)3)24-12-8-9-13-28-20(29)17-10-6-7-11-18(17)21(28)30;/h6-7,10-11H,5,8-9,12-14H2,1-4H3,(H2,23,24,25);1H. The molecule has 0 saturated heterocycles. The fourth-order valence-electron chi connectivity index (χ4n) is 3.59. The number of aryl methyl sites for hydroxylation is 2. The average molecular weight is 538 g/mol. The lowest BCUT2D eigenvalue weighted by molar-refractivity contribution is 0.0652. The molecule has 31 heavy (non-hydrogen) atoms. The Morgan fingerprint density at radius 2 is 1.71 bits per heavy atom. The van der Waals surface area contributed by atoms with Crippen LogP contribution in [0, 0.1) is 13.8 Å². The number of hydrogen-bond donors (Lipinski definition) is 2. The third-order valence-electron chi connectivity index (χ3n) is 5.38. The topological polar surface area (TPSA) is 91.6 Å². The maximum absolute atomic E-state index is 12.4. The van der Waals surface area contributed by atoms with Gasteiger partial charge in [-0.1, -0.05) is 12.1 Å². The number of nitrogens with one attached hydrogen (secondary N) is 2. The molecule has 0 aliphatic carbocycles. The van der Waals surface area contributed by atoms with Gasteiger partial charge in [-0.3, -0.25) is 19.2 Å². The van der Waals surface area contributed by atoms with Crippen molar-refractivity contribution >= 4 is 41.8 Å². The van der Waals surface area contributed by atoms with Crippen LogP contribution < -0.4 is 10.6 Å². The molecule has 2 aromatic rings. The summed E-state index contributed by atoms with van der Waals surface area (Å²) in [6.45, 7) is 8.54. The Kier molecular flexibility index (Phi) is 9.02. The Labute approximate surface area is 200 Å². The molecule has 0 radical (unpaired) electrons. The predicted octanol–water partition coefficient (Wildman–Crippen LogP) is 2.79. The van der Waals surface area contributed by atoms with Gasteiger partial charge in [0.15, 0.2) is 5.96 Å². The lowest BCUT2D eigenvalue weighted by Gasteiger charge is -2.14. The quantitative estimate of drug-likeness (QED) is 0.177. The number of rotatable bonds is 8. The first-order valence-corrected chi connectivity index (χ1v) is 10.4. The van der Waals surface area contributed by atoms with E-state index in [0.717, 1.165) is 42.3 Å². The summed E-state index contributed by atoms with van der Waals surface area (Å²) < 4.78 is 1.87. The second kappa shape index (κ2) is 11.3. The number of guanidine groups is 1. The van der Waals surface area contributed by atoms with Crippen molar-refractivity contribution in [2.45, 2.75) is 40.2 Å². The van der Waals surface area contributed by atoms with E-state index in [1.165, 1.54) is 4.90 Å². The third kappa shape index (κ3) is 5.63. The Morgan fingerprint density at radius 1 is 1.06 bits per heavy atom. The molecule has 1 aromatic carbocycles. The number of carbonyl (C=O) groups is 2. The zero-order chi connectivity index (χ0) is 21.7. The Hall–Kier alpha value is -2.43. The van der Waals surface area contributed by atoms with Crippen LogP contribution in [0.25, 0.3) is 0 Å². The molecule has 2 amide bonds. The highest BCUT2D eigenvalue weighted by atomic mass is 127. The lowest BCUT2D eigenvalue weighted by atomic mass is 10.1. The molecule has 1 aromatic heterocycles. The van der Waals surface area contributed by atoms with Crippen LogP contribution in [0.5, 0.6) is 0 Å². The highest BCUT2D eigenvalue weighted by Gasteiger charge is 2.34. The van der Waals surface area contributed by atoms with Gasteiger partial charge in [-0.05, 0) is 45.7 Å². The van der Waals surface area contributed by atoms with Crippen LogP contribution in [0.2, 0.25) is 0 Å². The van der Waals surface area contributed by atoms with Crippen LogP contribution in [0.1, 0.15) is 57.4 Å². The van der Waals surface area contributed by atoms with E-state index in [0.29, 0.717) is 30.8 Å². The van der Waals surface area contributed by atoms with Crippen molar-refractivity contribution in [2.24, 2.45) is 12.0 Å². The predicted molar refractivity (Wildman–Crippen MR) is 132 cm³/mol. The monoisotopic (exact) mass is 538 g/mol. The van der Waals surface area contributed by atoms with E-state index < -0.39 is 0 Å². The van der Waals surface area contributed by atoms with E-state index in [-0.39, 0.29) is 35.8 Å². The van der Waals surface area contributed by atoms with Crippen LogP contribution in [-0.2, 0) is 13.6 Å². The molecule has 0 fully saturated rings. The number of amides is 2. The third-order valence-corrected chi connectivity index (χ3v) is 5.38. The van der Waals surface area contributed by atoms with Gasteiger partial charge in [0.1, 0.15) is 0 Å². The Morgan fingerprint density at radius 3 is 2.26 bits per heavy atom. The van der Waals surface area contributed by atoms with E-state index in [9.17, 15) is 9.59 Å². The largest absolute Gasteiger partial charge is 0.357 e. The molecule has 2 N–H and O–H groups in total. The van der Waals surface area contributed by atoms with Gasteiger partial charge in [0, 0.05) is 37.9 Å². The smallest absolute Gasteiger partial charge is 0.261 e. The van der Waals surface area contributed by atoms with Gasteiger partial charge in [0.05, 0.1) is 23.4 Å². The van der Waals surface area contributed by atoms with Crippen molar-refractivity contribution in [2.75, 3.05) is 19.6 Å². The number of aromatic nitrogens is 2. The SMILES string of the molecule is CCNC(=NCc1c(C)nn(C)c1C)NCCCCN1C(=O)c2ccccc2C1=O.I. The zero-order valence-corrected chi connectivity index (χ0v) is 20.9. The second-order valence-electron chi connectivity index (χ2n) is 7.41. The summed E-state index contributed by atoms with van der Waals surface area (Å²) >= 11 is 0. The number of aliphatic imine (C=N–C) groups is 1. The van der Waals surface area contributed by atoms with Crippen LogP contribution in [0.15, 0.2) is 29.3 Å². The minimum Gasteiger partial charge on any atom is -0.357 e. The van der Waals surface area contributed by atoms with E-state index in [4.69, 9.17) is 0 Å². The van der Waals surface area contributed by atoms with E-state index in [1.807, 2.05) is 32.5 Å². The highest BCUT2D eigenvalue weighted by molar-refractivity contribution is 14.0. The van der Waals surface area contributed by atoms with Crippen LogP contribution in [0.4, 0.5) is 0 Å². The molecule has 0 saturated carbocycles. The second-order valence-corrected chi connectivity index (χ2v) is 7.41. The molecule has 168 valence electrons. The van der Waals surface area contributed by atoms with Crippen molar-refractivity contribution in [3.05, 3.63) is 52.3 Å². The molecule has 0 spiro atoms. The van der Waals surface area contributed by atoms with Gasteiger partial charge in [-0.15, -0.1) is 24.0 Å². The van der Waals surface area contributed by atoms with Crippen molar-refractivity contribution in [3.63, 3.8) is 0 Å². The fourth-order valence-corrected chi connectivity index (χ4v) is 3.59. The molecule has 0 unspecified atom stereocenters. The molecule has 2 heterocycles. The van der Waals surface area contributed by atoms with Gasteiger partial charge in [-0.25, -0.2) is 4.99 Å². The van der Waals surface area contributed by atoms with Crippen molar-refractivity contribution < 1.29 is 9.59 Å². The molecule has 0 bridgehead atoms. The average Bonchev–Trinajstić information content (AvgIpc) is 3.12. The molecular weight excluding hydrogens is 507 g/mol. The Bertz CT molecular complexity index is 934. The number of carbonyl (C=O) groups excluding carboxylic acids is 2. The maximum atomic E-state index is 12.4. The van der Waals surface area contributed by atoms with Crippen LogP contribution in [-0.4, -0.2) is 52.1 Å². The van der Waals surface area contributed by atoms with Crippen LogP contribution in [0.3, 0.4) is 0 Å². The van der Waals surface area contributed by atoms with Gasteiger partial charge >= 0.3 is 0 Å². The fraction of sp³-hybridized carbons (Fsp3) is 0.455. The van der Waals surface area contributed by atoms with E-state index in [1.54, 1.807) is 24.3 Å². The van der Waals surface area contributed by atoms with Gasteiger partial charge < -0.3 is 10.6 Å². The first-order valence-electron chi connectivity index (χ1n) is 10.4. The molecule has 1 aliphatic rings. The number of hydrogen-bond acceptors (Lipinski definition) is 4. The molecule has 3 rings (SSSR count). The summed E-state index contributed by atoms with van der Waals surface area (Å²) in [5.41, 5.74) is 4.26. The number of halogens is 1. The van der Waals surface area contributed by atoms with Gasteiger partial charge in [0.25, 0.3) is 11.8 Å². The summed E-state index contributed by atoms with van der Waals surface area (Å²) in [4.78, 5) is 30.8. The molecule has 1 aliphatic heterocycles. The normalized spacial score (nSPS) is 13.3. The highest BCUT2D eigenvalue weighted by Crippen LogP contribution is 2.22. The zero-order valence-electron chi connectivity index (χ0n) is 18.6. The Balaban J connectivity index is 0.00000341.